The Kier molecular flexibility index (Phi) is 4.91. The molecular formula is C12H21N5O2. The largest absolute Gasteiger partial charge is 0.382 e. The van der Waals surface area contributed by atoms with Gasteiger partial charge >= 0.3 is 0 Å². The molecule has 0 spiro atoms. The number of hydrogen-bond donors (Lipinski definition) is 3. The van der Waals surface area contributed by atoms with Crippen LogP contribution in [0.1, 0.15) is 36.8 Å². The molecule has 106 valence electrons. The van der Waals surface area contributed by atoms with Crippen LogP contribution in [0.2, 0.25) is 0 Å². The number of carbonyl (C=O) groups is 2. The number of aromatic nitrogens is 2. The summed E-state index contributed by atoms with van der Waals surface area (Å²) < 4.78 is 0. The molecule has 0 aromatic carbocycles. The number of aryl methyl sites for hydroxylation is 1. The molecule has 19 heavy (non-hydrogen) atoms. The van der Waals surface area contributed by atoms with Gasteiger partial charge in [-0.15, -0.1) is 0 Å². The summed E-state index contributed by atoms with van der Waals surface area (Å²) in [6.45, 7) is 8.38. The summed E-state index contributed by atoms with van der Waals surface area (Å²) >= 11 is 0. The molecule has 1 heterocycles. The second kappa shape index (κ2) is 6.21. The fourth-order valence-corrected chi connectivity index (χ4v) is 1.87. The maximum absolute atomic E-state index is 12.0. The highest BCUT2D eigenvalue weighted by molar-refractivity contribution is 6.01. The van der Waals surface area contributed by atoms with E-state index in [1.54, 1.807) is 18.7 Å². The maximum atomic E-state index is 12.0. The van der Waals surface area contributed by atoms with Gasteiger partial charge in [0, 0.05) is 18.8 Å². The monoisotopic (exact) mass is 267 g/mol. The Morgan fingerprint density at radius 2 is 2.00 bits per heavy atom. The number of nitrogens with zero attached hydrogens (tertiary/aromatic N) is 2. The first-order chi connectivity index (χ1) is 8.92. The Labute approximate surface area is 112 Å². The molecule has 0 saturated heterocycles. The Morgan fingerprint density at radius 3 is 2.42 bits per heavy atom. The molecule has 0 radical (unpaired) electrons. The molecule has 1 aromatic heterocycles. The van der Waals surface area contributed by atoms with Crippen molar-refractivity contribution >= 4 is 17.6 Å². The van der Waals surface area contributed by atoms with Crippen LogP contribution in [0.15, 0.2) is 0 Å². The number of nitrogen functional groups attached to an aromatic ring is 1. The van der Waals surface area contributed by atoms with Crippen molar-refractivity contribution in [3.8, 4) is 0 Å². The molecule has 0 aliphatic heterocycles. The molecular weight excluding hydrogens is 246 g/mol. The van der Waals surface area contributed by atoms with Gasteiger partial charge in [-0.2, -0.15) is 5.10 Å². The molecule has 1 aromatic rings. The van der Waals surface area contributed by atoms with E-state index in [0.717, 1.165) is 0 Å². The second-order valence-electron chi connectivity index (χ2n) is 4.31. The summed E-state index contributed by atoms with van der Waals surface area (Å²) in [5.41, 5.74) is 6.48. The summed E-state index contributed by atoms with van der Waals surface area (Å²) in [5.74, 6) is -0.368. The lowest BCUT2D eigenvalue weighted by Gasteiger charge is -2.23. The van der Waals surface area contributed by atoms with Gasteiger partial charge in [-0.05, 0) is 27.7 Å². The van der Waals surface area contributed by atoms with Crippen molar-refractivity contribution in [2.45, 2.75) is 33.7 Å². The number of aromatic amines is 1. The number of rotatable bonds is 5. The average Bonchev–Trinajstić information content (AvgIpc) is 2.70. The molecule has 0 saturated carbocycles. The first-order valence-corrected chi connectivity index (χ1v) is 6.32. The van der Waals surface area contributed by atoms with Gasteiger partial charge < -0.3 is 16.0 Å². The molecule has 0 aliphatic rings. The zero-order valence-corrected chi connectivity index (χ0v) is 11.8. The smallest absolute Gasteiger partial charge is 0.257 e. The third kappa shape index (κ3) is 3.24. The van der Waals surface area contributed by atoms with E-state index >= 15 is 0 Å². The summed E-state index contributed by atoms with van der Waals surface area (Å²) in [5, 5.41) is 9.03. The van der Waals surface area contributed by atoms with Crippen LogP contribution >= 0.6 is 0 Å². The van der Waals surface area contributed by atoms with Crippen LogP contribution in [-0.4, -0.2) is 46.0 Å². The minimum absolute atomic E-state index is 0.113. The van der Waals surface area contributed by atoms with Crippen molar-refractivity contribution in [2.24, 2.45) is 0 Å². The van der Waals surface area contributed by atoms with E-state index in [0.29, 0.717) is 24.3 Å². The summed E-state index contributed by atoms with van der Waals surface area (Å²) in [6, 6.07) is -0.596. The molecule has 4 N–H and O–H groups in total. The number of anilines is 1. The van der Waals surface area contributed by atoms with Crippen molar-refractivity contribution < 1.29 is 9.59 Å². The van der Waals surface area contributed by atoms with Gasteiger partial charge in [0.15, 0.2) is 5.82 Å². The number of carbonyl (C=O) groups excluding carboxylic acids is 2. The number of hydrogen-bond acceptors (Lipinski definition) is 4. The van der Waals surface area contributed by atoms with Gasteiger partial charge in [-0.1, -0.05) is 0 Å². The topological polar surface area (TPSA) is 104 Å². The van der Waals surface area contributed by atoms with Crippen molar-refractivity contribution in [3.63, 3.8) is 0 Å². The van der Waals surface area contributed by atoms with Gasteiger partial charge in [0.1, 0.15) is 11.6 Å². The lowest BCUT2D eigenvalue weighted by atomic mass is 10.2. The van der Waals surface area contributed by atoms with Crippen molar-refractivity contribution in [1.29, 1.82) is 0 Å². The first kappa shape index (κ1) is 15.0. The summed E-state index contributed by atoms with van der Waals surface area (Å²) in [4.78, 5) is 25.7. The number of likely N-dealkylation sites (N-methyl/N-ethyl adjacent to an activating group) is 1. The van der Waals surface area contributed by atoms with Crippen LogP contribution < -0.4 is 11.1 Å². The van der Waals surface area contributed by atoms with Crippen LogP contribution in [-0.2, 0) is 4.79 Å². The highest BCUT2D eigenvalue weighted by Gasteiger charge is 2.23. The third-order valence-electron chi connectivity index (χ3n) is 3.00. The molecule has 1 rings (SSSR count). The third-order valence-corrected chi connectivity index (χ3v) is 3.00. The predicted octanol–water partition coefficient (Wildman–Crippen LogP) is 0.287. The lowest BCUT2D eigenvalue weighted by Crippen LogP contribution is -2.47. The molecule has 1 unspecified atom stereocenters. The minimum Gasteiger partial charge on any atom is -0.382 e. The molecule has 1 atom stereocenters. The molecule has 7 nitrogen and oxygen atoms in total. The van der Waals surface area contributed by atoms with Crippen LogP contribution in [0, 0.1) is 6.92 Å². The van der Waals surface area contributed by atoms with E-state index in [-0.39, 0.29) is 11.7 Å². The van der Waals surface area contributed by atoms with Gasteiger partial charge in [-0.3, -0.25) is 14.7 Å². The Balaban J connectivity index is 2.75. The van der Waals surface area contributed by atoms with E-state index in [2.05, 4.69) is 15.5 Å². The van der Waals surface area contributed by atoms with E-state index in [9.17, 15) is 9.59 Å². The number of nitrogens with one attached hydrogen (secondary N) is 2. The molecule has 0 bridgehead atoms. The van der Waals surface area contributed by atoms with Gasteiger partial charge in [-0.25, -0.2) is 0 Å². The quantitative estimate of drug-likeness (QED) is 0.713. The molecule has 0 aliphatic carbocycles. The SMILES string of the molecule is CCN(CC)C(=O)C(C)NC(=O)c1c(N)n[nH]c1C. The zero-order chi connectivity index (χ0) is 14.6. The van der Waals surface area contributed by atoms with Gasteiger partial charge in [0.2, 0.25) is 5.91 Å². The van der Waals surface area contributed by atoms with Crippen LogP contribution in [0.4, 0.5) is 5.82 Å². The zero-order valence-electron chi connectivity index (χ0n) is 11.8. The second-order valence-corrected chi connectivity index (χ2v) is 4.31. The van der Waals surface area contributed by atoms with Crippen LogP contribution in [0.3, 0.4) is 0 Å². The summed E-state index contributed by atoms with van der Waals surface area (Å²) in [6.07, 6.45) is 0. The highest BCUT2D eigenvalue weighted by Crippen LogP contribution is 2.12. The molecule has 0 fully saturated rings. The number of amides is 2. The summed E-state index contributed by atoms with van der Waals surface area (Å²) in [7, 11) is 0. The highest BCUT2D eigenvalue weighted by atomic mass is 16.2. The fourth-order valence-electron chi connectivity index (χ4n) is 1.87. The van der Waals surface area contributed by atoms with Gasteiger partial charge in [0.25, 0.3) is 5.91 Å². The molecule has 2 amide bonds. The Morgan fingerprint density at radius 1 is 1.42 bits per heavy atom. The Bertz CT molecular complexity index is 445. The van der Waals surface area contributed by atoms with Gasteiger partial charge in [0.05, 0.1) is 0 Å². The van der Waals surface area contributed by atoms with Crippen molar-refractivity contribution in [1.82, 2.24) is 20.4 Å². The predicted molar refractivity (Wildman–Crippen MR) is 72.6 cm³/mol. The van der Waals surface area contributed by atoms with Crippen molar-refractivity contribution in [2.75, 3.05) is 18.8 Å². The maximum Gasteiger partial charge on any atom is 0.257 e. The lowest BCUT2D eigenvalue weighted by molar-refractivity contribution is -0.132. The van der Waals surface area contributed by atoms with E-state index in [1.165, 1.54) is 0 Å². The van der Waals surface area contributed by atoms with Crippen molar-refractivity contribution in [3.05, 3.63) is 11.3 Å². The average molecular weight is 267 g/mol. The van der Waals surface area contributed by atoms with E-state index in [4.69, 9.17) is 5.73 Å². The number of nitrogens with two attached hydrogens (primary N) is 1. The number of H-pyrrole nitrogens is 1. The first-order valence-electron chi connectivity index (χ1n) is 6.32. The normalized spacial score (nSPS) is 12.0. The Hall–Kier alpha value is -2.05. The minimum atomic E-state index is -0.596. The van der Waals surface area contributed by atoms with Crippen LogP contribution in [0.5, 0.6) is 0 Å². The van der Waals surface area contributed by atoms with E-state index in [1.807, 2.05) is 13.8 Å². The standard InChI is InChI=1S/C12H21N5O2/c1-5-17(6-2)12(19)8(4)14-11(18)9-7(3)15-16-10(9)13/h8H,5-6H2,1-4H3,(H,14,18)(H3,13,15,16). The van der Waals surface area contributed by atoms with E-state index < -0.39 is 11.9 Å². The molecule has 7 heteroatoms. The van der Waals surface area contributed by atoms with Crippen LogP contribution in [0.25, 0.3) is 0 Å². The fraction of sp³-hybridized carbons (Fsp3) is 0.583.